The maximum Gasteiger partial charge on any atom is 0.250 e. The highest BCUT2D eigenvalue weighted by Crippen LogP contribution is 1.99. The fraction of sp³-hybridized carbons (Fsp3) is 0.182. The molecule has 1 heterocycles. The van der Waals surface area contributed by atoms with Gasteiger partial charge in [-0.2, -0.15) is 0 Å². The summed E-state index contributed by atoms with van der Waals surface area (Å²) in [5, 5.41) is 2.53. The second-order valence-electron chi connectivity index (χ2n) is 3.04. The highest BCUT2D eigenvalue weighted by molar-refractivity contribution is 5.92. The predicted octanol–water partition coefficient (Wildman–Crippen LogP) is -0.332. The molecular formula is C11H11N3O2. The standard InChI is InChI=1S/C11H11N3O2/c1-8(15)14-4-2-3-9-5-10(11(12)16)7-13-6-9/h5-7H,4H2,1H3,(H2,12,16)(H,14,15). The van der Waals surface area contributed by atoms with Gasteiger partial charge in [0.15, 0.2) is 0 Å². The zero-order valence-electron chi connectivity index (χ0n) is 8.78. The second kappa shape index (κ2) is 5.51. The van der Waals surface area contributed by atoms with Crippen molar-refractivity contribution in [3.05, 3.63) is 29.6 Å². The molecule has 0 aromatic carbocycles. The number of pyridine rings is 1. The van der Waals surface area contributed by atoms with E-state index in [4.69, 9.17) is 5.73 Å². The van der Waals surface area contributed by atoms with Crippen LogP contribution >= 0.6 is 0 Å². The van der Waals surface area contributed by atoms with Crippen molar-refractivity contribution in [3.8, 4) is 11.8 Å². The summed E-state index contributed by atoms with van der Waals surface area (Å²) in [6, 6.07) is 1.55. The number of hydrogen-bond donors (Lipinski definition) is 2. The molecule has 1 rings (SSSR count). The molecule has 0 atom stereocenters. The van der Waals surface area contributed by atoms with E-state index in [-0.39, 0.29) is 12.5 Å². The number of nitrogens with two attached hydrogens (primary N) is 1. The first-order valence-electron chi connectivity index (χ1n) is 4.58. The summed E-state index contributed by atoms with van der Waals surface area (Å²) in [4.78, 5) is 25.2. The molecular weight excluding hydrogens is 206 g/mol. The molecule has 0 aliphatic carbocycles. The second-order valence-corrected chi connectivity index (χ2v) is 3.04. The zero-order valence-corrected chi connectivity index (χ0v) is 8.78. The van der Waals surface area contributed by atoms with E-state index in [1.807, 2.05) is 0 Å². The van der Waals surface area contributed by atoms with Crippen molar-refractivity contribution in [1.82, 2.24) is 10.3 Å². The Morgan fingerprint density at radius 3 is 2.88 bits per heavy atom. The molecule has 0 spiro atoms. The fourth-order valence-corrected chi connectivity index (χ4v) is 0.958. The van der Waals surface area contributed by atoms with Gasteiger partial charge in [0.2, 0.25) is 11.8 Å². The molecule has 1 aromatic rings. The number of aromatic nitrogens is 1. The van der Waals surface area contributed by atoms with Crippen LogP contribution in [0, 0.1) is 11.8 Å². The molecule has 5 nitrogen and oxygen atoms in total. The van der Waals surface area contributed by atoms with Crippen LogP contribution in [0.4, 0.5) is 0 Å². The molecule has 82 valence electrons. The molecule has 16 heavy (non-hydrogen) atoms. The van der Waals surface area contributed by atoms with Crippen molar-refractivity contribution in [2.75, 3.05) is 6.54 Å². The molecule has 0 bridgehead atoms. The van der Waals surface area contributed by atoms with E-state index < -0.39 is 5.91 Å². The molecule has 0 radical (unpaired) electrons. The summed E-state index contributed by atoms with van der Waals surface area (Å²) in [6.45, 7) is 1.67. The first kappa shape index (κ1) is 11.7. The third-order valence-corrected chi connectivity index (χ3v) is 1.68. The Bertz CT molecular complexity index is 472. The Hall–Kier alpha value is -2.35. The quantitative estimate of drug-likeness (QED) is 0.665. The van der Waals surface area contributed by atoms with Crippen LogP contribution in [0.2, 0.25) is 0 Å². The summed E-state index contributed by atoms with van der Waals surface area (Å²) in [6.07, 6.45) is 2.90. The summed E-state index contributed by atoms with van der Waals surface area (Å²) >= 11 is 0. The van der Waals surface area contributed by atoms with Crippen LogP contribution in [0.1, 0.15) is 22.8 Å². The third kappa shape index (κ3) is 3.80. The molecule has 0 saturated carbocycles. The van der Waals surface area contributed by atoms with Crippen molar-refractivity contribution < 1.29 is 9.59 Å². The van der Waals surface area contributed by atoms with Crippen LogP contribution in [-0.4, -0.2) is 23.3 Å². The number of hydrogen-bond acceptors (Lipinski definition) is 3. The van der Waals surface area contributed by atoms with Gasteiger partial charge in [0.05, 0.1) is 12.1 Å². The van der Waals surface area contributed by atoms with E-state index in [2.05, 4.69) is 22.1 Å². The van der Waals surface area contributed by atoms with Gasteiger partial charge >= 0.3 is 0 Å². The van der Waals surface area contributed by atoms with Gasteiger partial charge in [-0.05, 0) is 6.07 Å². The van der Waals surface area contributed by atoms with Crippen molar-refractivity contribution in [1.29, 1.82) is 0 Å². The summed E-state index contributed by atoms with van der Waals surface area (Å²) in [5.74, 6) is 4.80. The Morgan fingerprint density at radius 1 is 1.50 bits per heavy atom. The Morgan fingerprint density at radius 2 is 2.25 bits per heavy atom. The van der Waals surface area contributed by atoms with Crippen LogP contribution in [-0.2, 0) is 4.79 Å². The number of rotatable bonds is 2. The molecule has 0 unspecified atom stereocenters. The first-order valence-corrected chi connectivity index (χ1v) is 4.58. The molecule has 2 amide bonds. The van der Waals surface area contributed by atoms with Gasteiger partial charge < -0.3 is 11.1 Å². The normalized spacial score (nSPS) is 8.81. The number of amides is 2. The first-order chi connectivity index (χ1) is 7.59. The molecule has 0 aliphatic rings. The highest BCUT2D eigenvalue weighted by atomic mass is 16.1. The zero-order chi connectivity index (χ0) is 12.0. The average Bonchev–Trinajstić information content (AvgIpc) is 2.24. The molecule has 0 saturated heterocycles. The van der Waals surface area contributed by atoms with E-state index in [0.717, 1.165) is 0 Å². The van der Waals surface area contributed by atoms with Crippen LogP contribution in [0.5, 0.6) is 0 Å². The van der Waals surface area contributed by atoms with Gasteiger partial charge in [-0.15, -0.1) is 0 Å². The number of carbonyl (C=O) groups is 2. The Kier molecular flexibility index (Phi) is 4.04. The minimum Gasteiger partial charge on any atom is -0.366 e. The van der Waals surface area contributed by atoms with Crippen molar-refractivity contribution in [2.45, 2.75) is 6.92 Å². The van der Waals surface area contributed by atoms with Crippen LogP contribution in [0.3, 0.4) is 0 Å². The molecule has 0 aliphatic heterocycles. The molecule has 1 aromatic heterocycles. The maximum absolute atomic E-state index is 10.8. The fourth-order valence-electron chi connectivity index (χ4n) is 0.958. The Balaban J connectivity index is 2.70. The maximum atomic E-state index is 10.8. The largest absolute Gasteiger partial charge is 0.366 e. The SMILES string of the molecule is CC(=O)NCC#Cc1cncc(C(N)=O)c1. The van der Waals surface area contributed by atoms with Crippen molar-refractivity contribution in [3.63, 3.8) is 0 Å². The van der Waals surface area contributed by atoms with Gasteiger partial charge in [-0.1, -0.05) is 11.8 Å². The number of primary amides is 1. The number of nitrogens with one attached hydrogen (secondary N) is 1. The average molecular weight is 217 g/mol. The predicted molar refractivity (Wildman–Crippen MR) is 58.3 cm³/mol. The molecule has 0 fully saturated rings. The van der Waals surface area contributed by atoms with E-state index in [1.165, 1.54) is 19.3 Å². The topological polar surface area (TPSA) is 85.1 Å². The lowest BCUT2D eigenvalue weighted by molar-refractivity contribution is -0.118. The third-order valence-electron chi connectivity index (χ3n) is 1.68. The Labute approximate surface area is 93.1 Å². The molecule has 5 heteroatoms. The van der Waals surface area contributed by atoms with Gasteiger partial charge in [0.25, 0.3) is 0 Å². The molecule has 3 N–H and O–H groups in total. The summed E-state index contributed by atoms with van der Waals surface area (Å²) in [7, 11) is 0. The number of carbonyl (C=O) groups excluding carboxylic acids is 2. The monoisotopic (exact) mass is 217 g/mol. The highest BCUT2D eigenvalue weighted by Gasteiger charge is 1.99. The van der Waals surface area contributed by atoms with Crippen molar-refractivity contribution in [2.24, 2.45) is 5.73 Å². The van der Waals surface area contributed by atoms with E-state index in [0.29, 0.717) is 11.1 Å². The summed E-state index contributed by atoms with van der Waals surface area (Å²) in [5.41, 5.74) is 5.99. The lowest BCUT2D eigenvalue weighted by atomic mass is 10.2. The minimum absolute atomic E-state index is 0.140. The van der Waals surface area contributed by atoms with Gasteiger partial charge in [-0.3, -0.25) is 14.6 Å². The number of nitrogens with zero attached hydrogens (tertiary/aromatic N) is 1. The van der Waals surface area contributed by atoms with Crippen LogP contribution < -0.4 is 11.1 Å². The lowest BCUT2D eigenvalue weighted by Crippen LogP contribution is -2.19. The summed E-state index contributed by atoms with van der Waals surface area (Å²) < 4.78 is 0. The van der Waals surface area contributed by atoms with Gasteiger partial charge in [0.1, 0.15) is 0 Å². The van der Waals surface area contributed by atoms with Crippen LogP contribution in [0.25, 0.3) is 0 Å². The minimum atomic E-state index is -0.544. The van der Waals surface area contributed by atoms with E-state index >= 15 is 0 Å². The van der Waals surface area contributed by atoms with Crippen molar-refractivity contribution >= 4 is 11.8 Å². The van der Waals surface area contributed by atoms with E-state index in [9.17, 15) is 9.59 Å². The van der Waals surface area contributed by atoms with E-state index in [1.54, 1.807) is 6.07 Å². The van der Waals surface area contributed by atoms with Gasteiger partial charge in [-0.25, -0.2) is 0 Å². The smallest absolute Gasteiger partial charge is 0.250 e. The van der Waals surface area contributed by atoms with Gasteiger partial charge in [0, 0.05) is 24.9 Å². The lowest BCUT2D eigenvalue weighted by Gasteiger charge is -1.95. The van der Waals surface area contributed by atoms with Crippen LogP contribution in [0.15, 0.2) is 18.5 Å².